The van der Waals surface area contributed by atoms with Crippen molar-refractivity contribution in [3.8, 4) is 17.2 Å². The van der Waals surface area contributed by atoms with Gasteiger partial charge in [-0.2, -0.15) is 5.26 Å². The molecule has 3 amide bonds. The molecule has 3 N–H and O–H groups in total. The molecule has 0 aliphatic heterocycles. The number of rotatable bonds is 13. The SMILES string of the molecule is CCCCC(=O)N(Cc1ccc(-c2ccccc2S(=O)(=O)NC(=O)NCCC)cc1)C(C#N)(CC)C(=O)O. The highest BCUT2D eigenvalue weighted by Gasteiger charge is 2.45. The lowest BCUT2D eigenvalue weighted by molar-refractivity contribution is -0.156. The zero-order valence-corrected chi connectivity index (χ0v) is 22.7. The molecule has 2 rings (SSSR count). The molecule has 1 unspecified atom stereocenters. The topological polar surface area (TPSA) is 157 Å². The van der Waals surface area contributed by atoms with E-state index < -0.39 is 33.5 Å². The van der Waals surface area contributed by atoms with Crippen molar-refractivity contribution in [1.29, 1.82) is 5.26 Å². The molecule has 0 heterocycles. The van der Waals surface area contributed by atoms with Gasteiger partial charge in [-0.15, -0.1) is 0 Å². The summed E-state index contributed by atoms with van der Waals surface area (Å²) in [5.41, 5.74) is -0.539. The zero-order chi connectivity index (χ0) is 28.3. The van der Waals surface area contributed by atoms with E-state index in [0.717, 1.165) is 11.3 Å². The van der Waals surface area contributed by atoms with Crippen molar-refractivity contribution in [3.63, 3.8) is 0 Å². The number of sulfonamides is 1. The van der Waals surface area contributed by atoms with E-state index in [9.17, 15) is 33.2 Å². The van der Waals surface area contributed by atoms with E-state index in [1.54, 1.807) is 49.4 Å². The van der Waals surface area contributed by atoms with Crippen LogP contribution in [-0.4, -0.2) is 48.4 Å². The lowest BCUT2D eigenvalue weighted by atomic mass is 9.93. The first-order valence-electron chi connectivity index (χ1n) is 12.5. The van der Waals surface area contributed by atoms with E-state index in [2.05, 4.69) is 5.32 Å². The highest BCUT2D eigenvalue weighted by atomic mass is 32.2. The van der Waals surface area contributed by atoms with Crippen molar-refractivity contribution in [3.05, 3.63) is 54.1 Å². The van der Waals surface area contributed by atoms with Crippen molar-refractivity contribution in [2.24, 2.45) is 0 Å². The predicted molar refractivity (Wildman–Crippen MR) is 142 cm³/mol. The van der Waals surface area contributed by atoms with Crippen LogP contribution in [0.2, 0.25) is 0 Å². The van der Waals surface area contributed by atoms with Gasteiger partial charge in [0.2, 0.25) is 11.4 Å². The number of carboxylic acid groups (broad SMARTS) is 1. The van der Waals surface area contributed by atoms with E-state index >= 15 is 0 Å². The number of carboxylic acids is 1. The first-order chi connectivity index (χ1) is 18.1. The molecule has 0 radical (unpaired) electrons. The third-order valence-corrected chi connectivity index (χ3v) is 7.49. The maximum atomic E-state index is 13.0. The quantitative estimate of drug-likeness (QED) is 0.345. The van der Waals surface area contributed by atoms with E-state index in [-0.39, 0.29) is 24.3 Å². The van der Waals surface area contributed by atoms with Gasteiger partial charge in [0.25, 0.3) is 10.0 Å². The van der Waals surface area contributed by atoms with Gasteiger partial charge < -0.3 is 15.3 Å². The van der Waals surface area contributed by atoms with Crippen LogP contribution in [0.25, 0.3) is 11.1 Å². The summed E-state index contributed by atoms with van der Waals surface area (Å²) in [6, 6.07) is 13.8. The molecule has 0 aliphatic carbocycles. The monoisotopic (exact) mass is 542 g/mol. The Kier molecular flexibility index (Phi) is 10.8. The van der Waals surface area contributed by atoms with Gasteiger partial charge in [0.05, 0.1) is 4.90 Å². The maximum absolute atomic E-state index is 13.0. The summed E-state index contributed by atoms with van der Waals surface area (Å²) in [6.45, 7) is 5.54. The van der Waals surface area contributed by atoms with Crippen LogP contribution in [-0.2, 0) is 26.2 Å². The smallest absolute Gasteiger partial charge is 0.344 e. The number of carbonyl (C=O) groups is 3. The van der Waals surface area contributed by atoms with Gasteiger partial charge in [-0.25, -0.2) is 22.7 Å². The lowest BCUT2D eigenvalue weighted by Gasteiger charge is -2.35. The van der Waals surface area contributed by atoms with Crippen molar-refractivity contribution in [1.82, 2.24) is 14.9 Å². The van der Waals surface area contributed by atoms with E-state index in [0.29, 0.717) is 36.1 Å². The normalized spacial score (nSPS) is 12.6. The molecule has 0 spiro atoms. The summed E-state index contributed by atoms with van der Waals surface area (Å²) in [5, 5.41) is 22.1. The van der Waals surface area contributed by atoms with Gasteiger partial charge in [0, 0.05) is 25.1 Å². The van der Waals surface area contributed by atoms with Crippen molar-refractivity contribution >= 4 is 27.9 Å². The summed E-state index contributed by atoms with van der Waals surface area (Å²) in [7, 11) is -4.17. The minimum absolute atomic E-state index is 0.0845. The van der Waals surface area contributed by atoms with Crippen LogP contribution >= 0.6 is 0 Å². The Morgan fingerprint density at radius 2 is 1.68 bits per heavy atom. The Hall–Kier alpha value is -3.91. The Bertz CT molecular complexity index is 1290. The number of nitriles is 1. The van der Waals surface area contributed by atoms with Crippen LogP contribution in [0.5, 0.6) is 0 Å². The molecule has 10 nitrogen and oxygen atoms in total. The third-order valence-electron chi connectivity index (χ3n) is 6.10. The largest absolute Gasteiger partial charge is 0.479 e. The number of amides is 3. The van der Waals surface area contributed by atoms with Crippen LogP contribution in [0.15, 0.2) is 53.4 Å². The second-order valence-corrected chi connectivity index (χ2v) is 10.4. The zero-order valence-electron chi connectivity index (χ0n) is 21.9. The van der Waals surface area contributed by atoms with Crippen LogP contribution in [0.3, 0.4) is 0 Å². The average molecular weight is 543 g/mol. The van der Waals surface area contributed by atoms with E-state index in [1.165, 1.54) is 6.07 Å². The summed E-state index contributed by atoms with van der Waals surface area (Å²) in [6.07, 6.45) is 1.99. The summed E-state index contributed by atoms with van der Waals surface area (Å²) >= 11 is 0. The fourth-order valence-electron chi connectivity index (χ4n) is 3.91. The fourth-order valence-corrected chi connectivity index (χ4v) is 5.07. The van der Waals surface area contributed by atoms with Gasteiger partial charge in [-0.1, -0.05) is 69.7 Å². The summed E-state index contributed by atoms with van der Waals surface area (Å²) in [4.78, 5) is 38.1. The van der Waals surface area contributed by atoms with Gasteiger partial charge in [0.15, 0.2) is 0 Å². The molecule has 2 aromatic carbocycles. The van der Waals surface area contributed by atoms with Gasteiger partial charge in [-0.3, -0.25) is 4.79 Å². The standard InChI is InChI=1S/C27H34N4O6S/c1-4-7-12-24(32)31(27(6-3,19-28)25(33)34)18-20-13-15-21(16-14-20)22-10-8-9-11-23(22)38(36,37)30-26(35)29-17-5-2/h8-11,13-16H,4-7,12,17-18H2,1-3H3,(H,33,34)(H2,29,30,35). The number of benzene rings is 2. The molecular formula is C27H34N4O6S. The molecule has 0 fully saturated rings. The second-order valence-electron chi connectivity index (χ2n) is 8.77. The average Bonchev–Trinajstić information content (AvgIpc) is 2.90. The van der Waals surface area contributed by atoms with Crippen LogP contribution in [0.1, 0.15) is 58.4 Å². The van der Waals surface area contributed by atoms with Crippen molar-refractivity contribution < 1.29 is 27.9 Å². The molecule has 38 heavy (non-hydrogen) atoms. The minimum atomic E-state index is -4.17. The molecule has 204 valence electrons. The lowest BCUT2D eigenvalue weighted by Crippen LogP contribution is -2.55. The molecular weight excluding hydrogens is 508 g/mol. The first kappa shape index (κ1) is 30.3. The molecule has 0 bridgehead atoms. The van der Waals surface area contributed by atoms with Crippen LogP contribution in [0.4, 0.5) is 4.79 Å². The maximum Gasteiger partial charge on any atom is 0.344 e. The molecule has 0 aliphatic rings. The highest BCUT2D eigenvalue weighted by molar-refractivity contribution is 7.90. The third kappa shape index (κ3) is 7.10. The molecule has 0 saturated heterocycles. The Morgan fingerprint density at radius 3 is 2.24 bits per heavy atom. The molecule has 2 aromatic rings. The number of nitrogens with zero attached hydrogens (tertiary/aromatic N) is 2. The number of unbranched alkanes of at least 4 members (excludes halogenated alkanes) is 1. The van der Waals surface area contributed by atoms with Gasteiger partial charge in [0.1, 0.15) is 6.07 Å². The Morgan fingerprint density at radius 1 is 1.03 bits per heavy atom. The number of carbonyl (C=O) groups excluding carboxylic acids is 2. The van der Waals surface area contributed by atoms with E-state index in [1.807, 2.05) is 24.6 Å². The molecule has 0 saturated carbocycles. The minimum Gasteiger partial charge on any atom is -0.479 e. The number of aliphatic carboxylic acids is 1. The summed E-state index contributed by atoms with van der Waals surface area (Å²) < 4.78 is 27.8. The molecule has 11 heteroatoms. The van der Waals surface area contributed by atoms with Crippen LogP contribution in [0, 0.1) is 11.3 Å². The second kappa shape index (κ2) is 13.6. The summed E-state index contributed by atoms with van der Waals surface area (Å²) in [5.74, 6) is -1.82. The van der Waals surface area contributed by atoms with Crippen molar-refractivity contribution in [2.45, 2.75) is 69.9 Å². The number of hydrogen-bond donors (Lipinski definition) is 3. The van der Waals surface area contributed by atoms with Gasteiger partial charge >= 0.3 is 12.0 Å². The fraction of sp³-hybridized carbons (Fsp3) is 0.407. The molecule has 1 atom stereocenters. The van der Waals surface area contributed by atoms with Gasteiger partial charge in [-0.05, 0) is 36.5 Å². The van der Waals surface area contributed by atoms with Crippen LogP contribution < -0.4 is 10.0 Å². The number of nitrogens with one attached hydrogen (secondary N) is 2. The Labute approximate surface area is 223 Å². The highest BCUT2D eigenvalue weighted by Crippen LogP contribution is 2.29. The number of urea groups is 1. The number of hydrogen-bond acceptors (Lipinski definition) is 6. The predicted octanol–water partition coefficient (Wildman–Crippen LogP) is 4.03. The van der Waals surface area contributed by atoms with Crippen molar-refractivity contribution in [2.75, 3.05) is 6.54 Å². The Balaban J connectivity index is 2.40. The molecule has 0 aromatic heterocycles. The van der Waals surface area contributed by atoms with E-state index in [4.69, 9.17) is 0 Å². The first-order valence-corrected chi connectivity index (χ1v) is 14.0.